The number of furan rings is 1. The molecule has 1 amide bonds. The fourth-order valence-electron chi connectivity index (χ4n) is 2.38. The Morgan fingerprint density at radius 1 is 0.952 bits per heavy atom. The van der Waals surface area contributed by atoms with Gasteiger partial charge in [-0.2, -0.15) is 0 Å². The molecule has 0 saturated carbocycles. The van der Waals surface area contributed by atoms with Crippen molar-refractivity contribution in [2.24, 2.45) is 0 Å². The van der Waals surface area contributed by atoms with Gasteiger partial charge in [-0.15, -0.1) is 0 Å². The number of rotatable bonds is 2. The lowest BCUT2D eigenvalue weighted by Crippen LogP contribution is -2.11. The molecule has 0 radical (unpaired) electrons. The van der Waals surface area contributed by atoms with Crippen LogP contribution in [-0.4, -0.2) is 5.91 Å². The van der Waals surface area contributed by atoms with Crippen LogP contribution in [0.25, 0.3) is 11.0 Å². The van der Waals surface area contributed by atoms with Crippen molar-refractivity contribution in [1.29, 1.82) is 0 Å². The van der Waals surface area contributed by atoms with Gasteiger partial charge in [0.05, 0.1) is 0 Å². The lowest BCUT2D eigenvalue weighted by atomic mass is 10.1. The van der Waals surface area contributed by atoms with Gasteiger partial charge in [-0.25, -0.2) is 0 Å². The molecule has 106 valence electrons. The molecule has 1 aromatic heterocycles. The first-order valence-electron chi connectivity index (χ1n) is 6.92. The maximum Gasteiger partial charge on any atom is 0.291 e. The Morgan fingerprint density at radius 3 is 2.33 bits per heavy atom. The van der Waals surface area contributed by atoms with Gasteiger partial charge in [0.1, 0.15) is 5.58 Å². The number of anilines is 1. The van der Waals surface area contributed by atoms with E-state index in [0.717, 1.165) is 33.3 Å². The Bertz CT molecular complexity index is 813. The zero-order valence-corrected chi connectivity index (χ0v) is 12.4. The van der Waals surface area contributed by atoms with Gasteiger partial charge in [-0.1, -0.05) is 29.3 Å². The van der Waals surface area contributed by atoms with E-state index in [1.165, 1.54) is 0 Å². The van der Waals surface area contributed by atoms with Gasteiger partial charge in [0, 0.05) is 16.6 Å². The van der Waals surface area contributed by atoms with E-state index >= 15 is 0 Å². The fraction of sp³-hybridized carbons (Fsp3) is 0.167. The van der Waals surface area contributed by atoms with Gasteiger partial charge >= 0.3 is 0 Å². The monoisotopic (exact) mass is 279 g/mol. The molecule has 0 aliphatic carbocycles. The van der Waals surface area contributed by atoms with Gasteiger partial charge in [0.15, 0.2) is 5.76 Å². The third-order valence-corrected chi connectivity index (χ3v) is 3.61. The Hall–Kier alpha value is -2.55. The first-order valence-corrected chi connectivity index (χ1v) is 6.92. The third kappa shape index (κ3) is 2.55. The molecule has 0 bridgehead atoms. The number of fused-ring (bicyclic) bond motifs is 1. The van der Waals surface area contributed by atoms with E-state index in [-0.39, 0.29) is 5.91 Å². The fourth-order valence-corrected chi connectivity index (χ4v) is 2.38. The molecule has 3 heteroatoms. The van der Waals surface area contributed by atoms with Gasteiger partial charge in [0.25, 0.3) is 5.91 Å². The van der Waals surface area contributed by atoms with Gasteiger partial charge in [-0.05, 0) is 45.0 Å². The Labute approximate surface area is 123 Å². The molecule has 21 heavy (non-hydrogen) atoms. The summed E-state index contributed by atoms with van der Waals surface area (Å²) in [6.45, 7) is 5.95. The molecule has 3 aromatic rings. The van der Waals surface area contributed by atoms with Gasteiger partial charge in [0.2, 0.25) is 0 Å². The van der Waals surface area contributed by atoms with E-state index in [9.17, 15) is 4.79 Å². The predicted octanol–water partition coefficient (Wildman–Crippen LogP) is 4.61. The molecule has 0 saturated heterocycles. The summed E-state index contributed by atoms with van der Waals surface area (Å²) in [5, 5.41) is 3.86. The topological polar surface area (TPSA) is 42.2 Å². The summed E-state index contributed by atoms with van der Waals surface area (Å²) in [6, 6.07) is 13.6. The van der Waals surface area contributed by atoms with Crippen molar-refractivity contribution in [3.63, 3.8) is 0 Å². The smallest absolute Gasteiger partial charge is 0.291 e. The summed E-state index contributed by atoms with van der Waals surface area (Å²) in [7, 11) is 0. The molecule has 3 rings (SSSR count). The molecular weight excluding hydrogens is 262 g/mol. The van der Waals surface area contributed by atoms with Crippen LogP contribution in [0.4, 0.5) is 5.69 Å². The third-order valence-electron chi connectivity index (χ3n) is 3.61. The van der Waals surface area contributed by atoms with Crippen molar-refractivity contribution >= 4 is 22.6 Å². The number of benzene rings is 2. The normalized spacial score (nSPS) is 10.8. The number of hydrogen-bond acceptors (Lipinski definition) is 2. The SMILES string of the molecule is Cc1ccc(NC(=O)c2oc3ccc(C)cc3c2C)cc1. The van der Waals surface area contributed by atoms with Gasteiger partial charge in [-0.3, -0.25) is 4.79 Å². The molecule has 0 unspecified atom stereocenters. The molecule has 0 aliphatic rings. The van der Waals surface area contributed by atoms with Crippen LogP contribution in [0.5, 0.6) is 0 Å². The van der Waals surface area contributed by atoms with E-state index < -0.39 is 0 Å². The quantitative estimate of drug-likeness (QED) is 0.744. The maximum absolute atomic E-state index is 12.4. The average molecular weight is 279 g/mol. The van der Waals surface area contributed by atoms with Crippen molar-refractivity contribution in [2.75, 3.05) is 5.32 Å². The van der Waals surface area contributed by atoms with Crippen molar-refractivity contribution in [1.82, 2.24) is 0 Å². The number of hydrogen-bond donors (Lipinski definition) is 1. The van der Waals surface area contributed by atoms with Crippen molar-refractivity contribution in [3.05, 3.63) is 64.9 Å². The van der Waals surface area contributed by atoms with Crippen LogP contribution in [0.15, 0.2) is 46.9 Å². The number of aryl methyl sites for hydroxylation is 3. The molecule has 3 nitrogen and oxygen atoms in total. The van der Waals surface area contributed by atoms with E-state index in [2.05, 4.69) is 5.32 Å². The Kier molecular flexibility index (Phi) is 3.26. The van der Waals surface area contributed by atoms with Crippen LogP contribution in [0.2, 0.25) is 0 Å². The molecule has 0 aliphatic heterocycles. The molecule has 1 N–H and O–H groups in total. The number of carbonyl (C=O) groups excluding carboxylic acids is 1. The minimum Gasteiger partial charge on any atom is -0.451 e. The highest BCUT2D eigenvalue weighted by molar-refractivity contribution is 6.06. The standard InChI is InChI=1S/C18H17NO2/c1-11-4-7-14(8-5-11)19-18(20)17-13(3)15-10-12(2)6-9-16(15)21-17/h4-10H,1-3H3,(H,19,20). The molecule has 0 fully saturated rings. The van der Waals surface area contributed by atoms with E-state index in [4.69, 9.17) is 4.42 Å². The summed E-state index contributed by atoms with van der Waals surface area (Å²) >= 11 is 0. The molecule has 1 heterocycles. The lowest BCUT2D eigenvalue weighted by Gasteiger charge is -2.04. The summed E-state index contributed by atoms with van der Waals surface area (Å²) < 4.78 is 5.70. The van der Waals surface area contributed by atoms with Gasteiger partial charge < -0.3 is 9.73 Å². The first kappa shape index (κ1) is 13.4. The van der Waals surface area contributed by atoms with E-state index in [0.29, 0.717) is 5.76 Å². The van der Waals surface area contributed by atoms with E-state index in [1.54, 1.807) is 0 Å². The molecule has 2 aromatic carbocycles. The minimum atomic E-state index is -0.217. The summed E-state index contributed by atoms with van der Waals surface area (Å²) in [6.07, 6.45) is 0. The number of carbonyl (C=O) groups is 1. The summed E-state index contributed by atoms with van der Waals surface area (Å²) in [5.74, 6) is 0.154. The second kappa shape index (κ2) is 5.09. The zero-order chi connectivity index (χ0) is 15.0. The van der Waals surface area contributed by atoms with Crippen LogP contribution in [0.1, 0.15) is 27.2 Å². The highest BCUT2D eigenvalue weighted by atomic mass is 16.3. The largest absolute Gasteiger partial charge is 0.451 e. The average Bonchev–Trinajstić information content (AvgIpc) is 2.79. The van der Waals surface area contributed by atoms with Crippen molar-refractivity contribution < 1.29 is 9.21 Å². The van der Waals surface area contributed by atoms with Crippen molar-refractivity contribution in [3.8, 4) is 0 Å². The minimum absolute atomic E-state index is 0.217. The Balaban J connectivity index is 1.94. The lowest BCUT2D eigenvalue weighted by molar-refractivity contribution is 0.0998. The van der Waals surface area contributed by atoms with E-state index in [1.807, 2.05) is 63.2 Å². The second-order valence-electron chi connectivity index (χ2n) is 5.38. The summed E-state index contributed by atoms with van der Waals surface area (Å²) in [4.78, 5) is 12.4. The highest BCUT2D eigenvalue weighted by Crippen LogP contribution is 2.26. The van der Waals surface area contributed by atoms with Crippen LogP contribution in [0.3, 0.4) is 0 Å². The second-order valence-corrected chi connectivity index (χ2v) is 5.38. The molecule has 0 spiro atoms. The molecular formula is C18H17NO2. The van der Waals surface area contributed by atoms with Crippen molar-refractivity contribution in [2.45, 2.75) is 20.8 Å². The number of nitrogens with one attached hydrogen (secondary N) is 1. The van der Waals surface area contributed by atoms with Crippen LogP contribution < -0.4 is 5.32 Å². The van der Waals surface area contributed by atoms with Crippen LogP contribution >= 0.6 is 0 Å². The highest BCUT2D eigenvalue weighted by Gasteiger charge is 2.17. The Morgan fingerprint density at radius 2 is 1.62 bits per heavy atom. The zero-order valence-electron chi connectivity index (χ0n) is 12.4. The first-order chi connectivity index (χ1) is 10.0. The predicted molar refractivity (Wildman–Crippen MR) is 84.8 cm³/mol. The van der Waals surface area contributed by atoms with Crippen LogP contribution in [0, 0.1) is 20.8 Å². The summed E-state index contributed by atoms with van der Waals surface area (Å²) in [5.41, 5.74) is 4.69. The number of amides is 1. The maximum atomic E-state index is 12.4. The van der Waals surface area contributed by atoms with Crippen LogP contribution in [-0.2, 0) is 0 Å². The molecule has 0 atom stereocenters.